The summed E-state index contributed by atoms with van der Waals surface area (Å²) in [5.41, 5.74) is 0.567. The van der Waals surface area contributed by atoms with Crippen LogP contribution < -0.4 is 0 Å². The third kappa shape index (κ3) is 3.45. The summed E-state index contributed by atoms with van der Waals surface area (Å²) in [4.78, 5) is 20.5. The lowest BCUT2D eigenvalue weighted by molar-refractivity contribution is 0.0297. The van der Waals surface area contributed by atoms with Crippen molar-refractivity contribution in [1.29, 1.82) is 0 Å². The topological polar surface area (TPSA) is 65.2 Å². The van der Waals surface area contributed by atoms with Crippen LogP contribution in [-0.4, -0.2) is 15.9 Å². The quantitative estimate of drug-likeness (QED) is 0.789. The van der Waals surface area contributed by atoms with E-state index in [1.807, 2.05) is 5.38 Å². The van der Waals surface area contributed by atoms with Crippen LogP contribution in [0, 0.1) is 12.8 Å². The Kier molecular flexibility index (Phi) is 4.54. The average molecular weight is 294 g/mol. The van der Waals surface area contributed by atoms with E-state index in [-0.39, 0.29) is 11.9 Å². The predicted molar refractivity (Wildman–Crippen MR) is 75.7 cm³/mol. The monoisotopic (exact) mass is 294 g/mol. The zero-order valence-corrected chi connectivity index (χ0v) is 12.9. The summed E-state index contributed by atoms with van der Waals surface area (Å²) in [6, 6.07) is 0. The lowest BCUT2D eigenvalue weighted by atomic mass is 10.1. The molecule has 2 rings (SSSR count). The lowest BCUT2D eigenvalue weighted by Gasteiger charge is -2.09. The molecule has 0 aliphatic carbocycles. The molecule has 5 nitrogen and oxygen atoms in total. The van der Waals surface area contributed by atoms with Gasteiger partial charge < -0.3 is 9.15 Å². The van der Waals surface area contributed by atoms with E-state index in [1.54, 1.807) is 20.0 Å². The Morgan fingerprint density at radius 2 is 2.20 bits per heavy atom. The molecule has 2 heterocycles. The Hall–Kier alpha value is -1.69. The van der Waals surface area contributed by atoms with Gasteiger partial charge in [-0.05, 0) is 19.8 Å². The van der Waals surface area contributed by atoms with Crippen molar-refractivity contribution in [2.24, 2.45) is 5.92 Å². The first-order valence-electron chi connectivity index (χ1n) is 6.54. The van der Waals surface area contributed by atoms with Crippen LogP contribution >= 0.6 is 11.3 Å². The van der Waals surface area contributed by atoms with Crippen LogP contribution in [0.3, 0.4) is 0 Å². The van der Waals surface area contributed by atoms with Crippen molar-refractivity contribution in [3.05, 3.63) is 33.9 Å². The second kappa shape index (κ2) is 6.17. The number of carbonyl (C=O) groups excluding carboxylic acids is 1. The fourth-order valence-corrected chi connectivity index (χ4v) is 2.40. The van der Waals surface area contributed by atoms with Crippen molar-refractivity contribution >= 4 is 17.3 Å². The van der Waals surface area contributed by atoms with Gasteiger partial charge in [0.1, 0.15) is 5.01 Å². The van der Waals surface area contributed by atoms with E-state index in [0.717, 1.165) is 5.01 Å². The van der Waals surface area contributed by atoms with E-state index in [0.29, 0.717) is 23.9 Å². The van der Waals surface area contributed by atoms with Gasteiger partial charge in [-0.1, -0.05) is 13.8 Å². The van der Waals surface area contributed by atoms with Gasteiger partial charge in [-0.15, -0.1) is 11.3 Å². The highest BCUT2D eigenvalue weighted by atomic mass is 32.1. The molecule has 0 spiro atoms. The molecule has 2 aromatic rings. The summed E-state index contributed by atoms with van der Waals surface area (Å²) in [7, 11) is 0. The highest BCUT2D eigenvalue weighted by Crippen LogP contribution is 2.22. The van der Waals surface area contributed by atoms with Crippen LogP contribution in [0.5, 0.6) is 0 Å². The van der Waals surface area contributed by atoms with Crippen molar-refractivity contribution in [3.8, 4) is 0 Å². The van der Waals surface area contributed by atoms with E-state index in [2.05, 4.69) is 23.8 Å². The van der Waals surface area contributed by atoms with Gasteiger partial charge >= 0.3 is 5.97 Å². The van der Waals surface area contributed by atoms with Crippen LogP contribution in [-0.2, 0) is 11.2 Å². The molecule has 0 radical (unpaired) electrons. The average Bonchev–Trinajstić information content (AvgIpc) is 2.97. The summed E-state index contributed by atoms with van der Waals surface area (Å²) in [5.74, 6) is 0.689. The maximum absolute atomic E-state index is 12.1. The largest absolute Gasteiger partial charge is 0.449 e. The minimum atomic E-state index is -0.493. The molecule has 0 saturated heterocycles. The maximum atomic E-state index is 12.1. The van der Waals surface area contributed by atoms with E-state index in [1.165, 1.54) is 11.3 Å². The highest BCUT2D eigenvalue weighted by Gasteiger charge is 2.22. The molecular formula is C14H18N2O3S. The Balaban J connectivity index is 2.07. The molecule has 0 aliphatic rings. The van der Waals surface area contributed by atoms with Gasteiger partial charge in [0.15, 0.2) is 12.0 Å². The maximum Gasteiger partial charge on any atom is 0.376 e. The fourth-order valence-electron chi connectivity index (χ4n) is 1.78. The molecule has 2 aromatic heterocycles. The molecular weight excluding hydrogens is 276 g/mol. The lowest BCUT2D eigenvalue weighted by Crippen LogP contribution is -2.09. The summed E-state index contributed by atoms with van der Waals surface area (Å²) < 4.78 is 10.9. The number of oxazole rings is 1. The Morgan fingerprint density at radius 3 is 2.80 bits per heavy atom. The number of ether oxygens (including phenoxy) is 1. The predicted octanol–water partition coefficient (Wildman–Crippen LogP) is 3.56. The molecule has 1 atom stereocenters. The second-order valence-electron chi connectivity index (χ2n) is 5.04. The van der Waals surface area contributed by atoms with Crippen molar-refractivity contribution in [1.82, 2.24) is 9.97 Å². The third-order valence-electron chi connectivity index (χ3n) is 2.69. The molecule has 108 valence electrons. The second-order valence-corrected chi connectivity index (χ2v) is 5.96. The Bertz CT molecular complexity index is 575. The number of aromatic nitrogens is 2. The van der Waals surface area contributed by atoms with Crippen molar-refractivity contribution < 1.29 is 13.9 Å². The normalized spacial score (nSPS) is 12.7. The molecule has 0 fully saturated rings. The molecule has 0 bridgehead atoms. The van der Waals surface area contributed by atoms with Crippen LogP contribution in [0.1, 0.15) is 54.0 Å². The van der Waals surface area contributed by atoms with Gasteiger partial charge in [0.05, 0.1) is 5.69 Å². The van der Waals surface area contributed by atoms with Crippen molar-refractivity contribution in [2.45, 2.75) is 40.2 Å². The number of esters is 1. The molecule has 0 N–H and O–H groups in total. The minimum absolute atomic E-state index is 0.184. The smallest absolute Gasteiger partial charge is 0.376 e. The van der Waals surface area contributed by atoms with Gasteiger partial charge in [0.25, 0.3) is 0 Å². The molecule has 20 heavy (non-hydrogen) atoms. The molecule has 0 aromatic carbocycles. The number of hydrogen-bond donors (Lipinski definition) is 0. The zero-order valence-electron chi connectivity index (χ0n) is 12.0. The molecule has 0 amide bonds. The van der Waals surface area contributed by atoms with Crippen LogP contribution in [0.4, 0.5) is 0 Å². The first kappa shape index (κ1) is 14.7. The summed E-state index contributed by atoms with van der Waals surface area (Å²) in [6.07, 6.45) is 2.00. The van der Waals surface area contributed by atoms with Crippen molar-refractivity contribution in [2.75, 3.05) is 0 Å². The van der Waals surface area contributed by atoms with Gasteiger partial charge in [-0.2, -0.15) is 0 Å². The van der Waals surface area contributed by atoms with Gasteiger partial charge in [0, 0.05) is 18.0 Å². The number of hydrogen-bond acceptors (Lipinski definition) is 6. The SMILES string of the molecule is Cc1nc(CC(C)C)oc1C(=O)O[C@@H](C)c1nccs1. The van der Waals surface area contributed by atoms with Crippen LogP contribution in [0.15, 0.2) is 16.0 Å². The summed E-state index contributed by atoms with van der Waals surface area (Å²) >= 11 is 1.45. The highest BCUT2D eigenvalue weighted by molar-refractivity contribution is 7.09. The summed E-state index contributed by atoms with van der Waals surface area (Å²) in [6.45, 7) is 7.68. The number of carbonyl (C=O) groups is 1. The first-order valence-corrected chi connectivity index (χ1v) is 7.42. The minimum Gasteiger partial charge on any atom is -0.449 e. The van der Waals surface area contributed by atoms with E-state index < -0.39 is 5.97 Å². The Morgan fingerprint density at radius 1 is 1.45 bits per heavy atom. The van der Waals surface area contributed by atoms with E-state index in [9.17, 15) is 4.79 Å². The van der Waals surface area contributed by atoms with Crippen LogP contribution in [0.25, 0.3) is 0 Å². The zero-order chi connectivity index (χ0) is 14.7. The summed E-state index contributed by atoms with van der Waals surface area (Å²) in [5, 5.41) is 2.61. The third-order valence-corrected chi connectivity index (χ3v) is 3.63. The first-order chi connectivity index (χ1) is 9.47. The van der Waals surface area contributed by atoms with Gasteiger partial charge in [-0.25, -0.2) is 14.8 Å². The van der Waals surface area contributed by atoms with Crippen LogP contribution in [0.2, 0.25) is 0 Å². The standard InChI is InChI=1S/C14H18N2O3S/c1-8(2)7-11-16-9(3)12(19-11)14(17)18-10(4)13-15-5-6-20-13/h5-6,8,10H,7H2,1-4H3/t10-/m0/s1. The fraction of sp³-hybridized carbons (Fsp3) is 0.500. The van der Waals surface area contributed by atoms with Gasteiger partial charge in [-0.3, -0.25) is 0 Å². The molecule has 0 aliphatic heterocycles. The van der Waals surface area contributed by atoms with Gasteiger partial charge in [0.2, 0.25) is 5.76 Å². The number of nitrogens with zero attached hydrogens (tertiary/aromatic N) is 2. The number of thiazole rings is 1. The van der Waals surface area contributed by atoms with E-state index in [4.69, 9.17) is 9.15 Å². The van der Waals surface area contributed by atoms with E-state index >= 15 is 0 Å². The van der Waals surface area contributed by atoms with Crippen molar-refractivity contribution in [3.63, 3.8) is 0 Å². The molecule has 6 heteroatoms. The Labute approximate surface area is 122 Å². The molecule has 0 saturated carbocycles. The number of aryl methyl sites for hydroxylation is 1. The number of rotatable bonds is 5. The molecule has 0 unspecified atom stereocenters.